The van der Waals surface area contributed by atoms with E-state index in [1.54, 1.807) is 26.4 Å². The minimum atomic E-state index is -0.108. The van der Waals surface area contributed by atoms with Crippen LogP contribution in [0.2, 0.25) is 0 Å². The first-order chi connectivity index (χ1) is 13.7. The van der Waals surface area contributed by atoms with Gasteiger partial charge < -0.3 is 9.47 Å². The topological polar surface area (TPSA) is 56.6 Å². The van der Waals surface area contributed by atoms with Crippen LogP contribution in [-0.4, -0.2) is 35.4 Å². The van der Waals surface area contributed by atoms with Crippen LogP contribution in [0.25, 0.3) is 11.3 Å². The summed E-state index contributed by atoms with van der Waals surface area (Å²) in [4.78, 5) is 14.6. The summed E-state index contributed by atoms with van der Waals surface area (Å²) in [5.74, 6) is 1.29. The molecule has 2 heterocycles. The van der Waals surface area contributed by atoms with Gasteiger partial charge in [0, 0.05) is 24.7 Å². The van der Waals surface area contributed by atoms with Crippen LogP contribution in [-0.2, 0) is 19.6 Å². The zero-order valence-electron chi connectivity index (χ0n) is 16.1. The van der Waals surface area contributed by atoms with Crippen LogP contribution in [0, 0.1) is 0 Å². The zero-order chi connectivity index (χ0) is 19.5. The largest absolute Gasteiger partial charge is 0.493 e. The summed E-state index contributed by atoms with van der Waals surface area (Å²) in [6.45, 7) is 2.20. The van der Waals surface area contributed by atoms with E-state index >= 15 is 0 Å². The molecule has 0 saturated carbocycles. The molecule has 4 rings (SSSR count). The van der Waals surface area contributed by atoms with E-state index in [-0.39, 0.29) is 5.56 Å². The summed E-state index contributed by atoms with van der Waals surface area (Å²) in [6.07, 6.45) is 0.986. The number of fused-ring (bicyclic) bond motifs is 1. The predicted octanol–water partition coefficient (Wildman–Crippen LogP) is 2.94. The average Bonchev–Trinajstić information content (AvgIpc) is 2.74. The van der Waals surface area contributed by atoms with Gasteiger partial charge in [-0.2, -0.15) is 5.10 Å². The number of ether oxygens (including phenoxy) is 2. The lowest BCUT2D eigenvalue weighted by molar-refractivity contribution is 0.185. The van der Waals surface area contributed by atoms with Crippen molar-refractivity contribution < 1.29 is 9.47 Å². The number of methoxy groups -OCH3 is 2. The second-order valence-electron chi connectivity index (χ2n) is 6.84. The Morgan fingerprint density at radius 1 is 0.964 bits per heavy atom. The highest BCUT2D eigenvalue weighted by atomic mass is 16.5. The lowest BCUT2D eigenvalue weighted by Gasteiger charge is -2.28. The molecule has 0 fully saturated rings. The molecule has 2 aromatic carbocycles. The predicted molar refractivity (Wildman–Crippen MR) is 108 cm³/mol. The average molecular weight is 377 g/mol. The van der Waals surface area contributed by atoms with Crippen LogP contribution < -0.4 is 15.0 Å². The number of nitrogens with zero attached hydrogens (tertiary/aromatic N) is 3. The summed E-state index contributed by atoms with van der Waals surface area (Å²) in [7, 11) is 3.21. The van der Waals surface area contributed by atoms with E-state index in [1.165, 1.54) is 15.8 Å². The quantitative estimate of drug-likeness (QED) is 0.684. The Balaban J connectivity index is 1.59. The molecule has 0 radical (unpaired) electrons. The summed E-state index contributed by atoms with van der Waals surface area (Å²) in [5, 5.41) is 4.59. The minimum Gasteiger partial charge on any atom is -0.493 e. The fourth-order valence-electron chi connectivity index (χ4n) is 3.56. The maximum absolute atomic E-state index is 12.4. The molecular weight excluding hydrogens is 354 g/mol. The van der Waals surface area contributed by atoms with Crippen molar-refractivity contribution in [3.63, 3.8) is 0 Å². The van der Waals surface area contributed by atoms with Crippen molar-refractivity contribution in [2.75, 3.05) is 20.8 Å². The third kappa shape index (κ3) is 3.64. The first-order valence-electron chi connectivity index (χ1n) is 9.27. The van der Waals surface area contributed by atoms with E-state index < -0.39 is 0 Å². The van der Waals surface area contributed by atoms with Gasteiger partial charge in [0.05, 0.1) is 26.6 Å². The molecule has 1 aromatic heterocycles. The second-order valence-corrected chi connectivity index (χ2v) is 6.84. The van der Waals surface area contributed by atoms with E-state index in [4.69, 9.17) is 9.47 Å². The number of benzene rings is 2. The molecule has 3 aromatic rings. The van der Waals surface area contributed by atoms with Gasteiger partial charge in [0.2, 0.25) is 0 Å². The fourth-order valence-corrected chi connectivity index (χ4v) is 3.56. The Morgan fingerprint density at radius 3 is 2.54 bits per heavy atom. The van der Waals surface area contributed by atoms with E-state index in [0.29, 0.717) is 18.2 Å². The third-order valence-electron chi connectivity index (χ3n) is 5.09. The summed E-state index contributed by atoms with van der Waals surface area (Å²) in [5.41, 5.74) is 4.19. The highest BCUT2D eigenvalue weighted by Crippen LogP contribution is 2.31. The van der Waals surface area contributed by atoms with Crippen molar-refractivity contribution in [2.45, 2.75) is 19.6 Å². The Kier molecular flexibility index (Phi) is 5.12. The highest BCUT2D eigenvalue weighted by Gasteiger charge is 2.17. The van der Waals surface area contributed by atoms with Gasteiger partial charge in [-0.15, -0.1) is 0 Å². The van der Waals surface area contributed by atoms with Crippen LogP contribution in [0.3, 0.4) is 0 Å². The Bertz CT molecular complexity index is 1050. The molecule has 6 nitrogen and oxygen atoms in total. The first-order valence-corrected chi connectivity index (χ1v) is 9.27. The van der Waals surface area contributed by atoms with Crippen molar-refractivity contribution in [3.05, 3.63) is 76.1 Å². The van der Waals surface area contributed by atoms with Crippen LogP contribution in [0.5, 0.6) is 11.5 Å². The van der Waals surface area contributed by atoms with Crippen LogP contribution in [0.4, 0.5) is 0 Å². The molecule has 1 aliphatic rings. The van der Waals surface area contributed by atoms with Crippen LogP contribution >= 0.6 is 0 Å². The monoisotopic (exact) mass is 377 g/mol. The van der Waals surface area contributed by atoms with Gasteiger partial charge >= 0.3 is 0 Å². The molecule has 1 aliphatic heterocycles. The number of rotatable bonds is 5. The number of hydrogen-bond donors (Lipinski definition) is 0. The van der Waals surface area contributed by atoms with E-state index in [9.17, 15) is 4.79 Å². The van der Waals surface area contributed by atoms with Crippen molar-refractivity contribution in [1.29, 1.82) is 0 Å². The Labute approximate surface area is 163 Å². The van der Waals surface area contributed by atoms with Gasteiger partial charge in [0.1, 0.15) is 0 Å². The third-order valence-corrected chi connectivity index (χ3v) is 5.09. The lowest BCUT2D eigenvalue weighted by Crippen LogP contribution is -2.37. The molecule has 6 heteroatoms. The van der Waals surface area contributed by atoms with Crippen LogP contribution in [0.1, 0.15) is 11.1 Å². The molecule has 0 N–H and O–H groups in total. The zero-order valence-corrected chi connectivity index (χ0v) is 16.1. The van der Waals surface area contributed by atoms with Gasteiger partial charge in [-0.25, -0.2) is 4.68 Å². The van der Waals surface area contributed by atoms with Gasteiger partial charge in [0.15, 0.2) is 11.5 Å². The SMILES string of the molecule is COc1ccc(-c2ccc(=O)n(CN3CCc4ccccc4C3)n2)cc1OC. The second kappa shape index (κ2) is 7.86. The van der Waals surface area contributed by atoms with Crippen molar-refractivity contribution >= 4 is 0 Å². The van der Waals surface area contributed by atoms with Crippen LogP contribution in [0.15, 0.2) is 59.4 Å². The van der Waals surface area contributed by atoms with Gasteiger partial charge in [-0.05, 0) is 41.8 Å². The van der Waals surface area contributed by atoms with E-state index in [0.717, 1.165) is 30.8 Å². The van der Waals surface area contributed by atoms with Crippen molar-refractivity contribution in [1.82, 2.24) is 14.7 Å². The molecule has 0 bridgehead atoms. The molecule has 0 amide bonds. The van der Waals surface area contributed by atoms with Crippen molar-refractivity contribution in [3.8, 4) is 22.8 Å². The maximum Gasteiger partial charge on any atom is 0.268 e. The molecule has 0 spiro atoms. The van der Waals surface area contributed by atoms with Gasteiger partial charge in [-0.3, -0.25) is 9.69 Å². The molecule has 0 atom stereocenters. The number of hydrogen-bond acceptors (Lipinski definition) is 5. The molecule has 28 heavy (non-hydrogen) atoms. The summed E-state index contributed by atoms with van der Waals surface area (Å²) in [6, 6.07) is 17.4. The fraction of sp³-hybridized carbons (Fsp3) is 0.273. The molecule has 0 aliphatic carbocycles. The Hall–Kier alpha value is -3.12. The standard InChI is InChI=1S/C22H23N3O3/c1-27-20-9-7-17(13-21(20)28-2)19-8-10-22(26)25(23-19)15-24-12-11-16-5-3-4-6-18(16)14-24/h3-10,13H,11-12,14-15H2,1-2H3. The molecular formula is C22H23N3O3. The first kappa shape index (κ1) is 18.3. The summed E-state index contributed by atoms with van der Waals surface area (Å²) >= 11 is 0. The van der Waals surface area contributed by atoms with Crippen molar-refractivity contribution in [2.24, 2.45) is 0 Å². The molecule has 144 valence electrons. The number of aromatic nitrogens is 2. The normalized spacial score (nSPS) is 13.8. The lowest BCUT2D eigenvalue weighted by atomic mass is 10.0. The summed E-state index contributed by atoms with van der Waals surface area (Å²) < 4.78 is 12.2. The smallest absolute Gasteiger partial charge is 0.268 e. The minimum absolute atomic E-state index is 0.108. The van der Waals surface area contributed by atoms with Gasteiger partial charge in [0.25, 0.3) is 5.56 Å². The molecule has 0 saturated heterocycles. The van der Waals surface area contributed by atoms with E-state index in [1.807, 2.05) is 18.2 Å². The Morgan fingerprint density at radius 2 is 1.75 bits per heavy atom. The highest BCUT2D eigenvalue weighted by molar-refractivity contribution is 5.63. The van der Waals surface area contributed by atoms with E-state index in [2.05, 4.69) is 34.3 Å². The molecule has 0 unspecified atom stereocenters. The van der Waals surface area contributed by atoms with Gasteiger partial charge in [-0.1, -0.05) is 24.3 Å². The maximum atomic E-state index is 12.4.